The van der Waals surface area contributed by atoms with E-state index in [-0.39, 0.29) is 16.8 Å². The lowest BCUT2D eigenvalue weighted by Gasteiger charge is -2.12. The maximum Gasteiger partial charge on any atom is 0.255 e. The first-order valence-electron chi connectivity index (χ1n) is 7.41. The summed E-state index contributed by atoms with van der Waals surface area (Å²) in [5, 5.41) is 2.75. The standard InChI is InChI=1S/C17H20N2O3S/c1-3-13(2)19-23(21,22)16-11-9-14(10-12-16)17(20)18-15-7-5-4-6-8-15/h4-13,19H,3H2,1-2H3,(H,18,20)/t13-/m1/s1. The SMILES string of the molecule is CC[C@@H](C)NS(=O)(=O)c1ccc(C(=O)Nc2ccccc2)cc1. The zero-order valence-corrected chi connectivity index (χ0v) is 13.9. The molecule has 2 N–H and O–H groups in total. The van der Waals surface area contributed by atoms with Crippen LogP contribution in [0, 0.1) is 0 Å². The third kappa shape index (κ3) is 4.64. The number of amides is 1. The summed E-state index contributed by atoms with van der Waals surface area (Å²) in [6.07, 6.45) is 0.705. The maximum atomic E-state index is 12.2. The molecule has 0 aliphatic carbocycles. The third-order valence-corrected chi connectivity index (χ3v) is 5.03. The van der Waals surface area contributed by atoms with E-state index in [1.807, 2.05) is 25.1 Å². The van der Waals surface area contributed by atoms with Gasteiger partial charge in [-0.05, 0) is 49.7 Å². The molecule has 6 heteroatoms. The van der Waals surface area contributed by atoms with Gasteiger partial charge in [0, 0.05) is 17.3 Å². The van der Waals surface area contributed by atoms with Gasteiger partial charge in [-0.1, -0.05) is 25.1 Å². The van der Waals surface area contributed by atoms with Crippen molar-refractivity contribution >= 4 is 21.6 Å². The highest BCUT2D eigenvalue weighted by molar-refractivity contribution is 7.89. The Hall–Kier alpha value is -2.18. The Balaban J connectivity index is 2.11. The van der Waals surface area contributed by atoms with Crippen molar-refractivity contribution in [1.82, 2.24) is 4.72 Å². The summed E-state index contributed by atoms with van der Waals surface area (Å²) >= 11 is 0. The molecule has 0 saturated heterocycles. The largest absolute Gasteiger partial charge is 0.322 e. The molecule has 1 atom stereocenters. The molecule has 0 fully saturated rings. The Kier molecular flexibility index (Phi) is 5.52. The van der Waals surface area contributed by atoms with Gasteiger partial charge in [-0.15, -0.1) is 0 Å². The number of nitrogens with one attached hydrogen (secondary N) is 2. The van der Waals surface area contributed by atoms with Gasteiger partial charge in [-0.3, -0.25) is 4.79 Å². The molecule has 0 spiro atoms. The second kappa shape index (κ2) is 7.39. The topological polar surface area (TPSA) is 75.3 Å². The summed E-state index contributed by atoms with van der Waals surface area (Å²) in [5.41, 5.74) is 1.09. The van der Waals surface area contributed by atoms with Crippen molar-refractivity contribution in [3.8, 4) is 0 Å². The van der Waals surface area contributed by atoms with Crippen LogP contribution in [0.4, 0.5) is 5.69 Å². The Bertz CT molecular complexity index is 756. The fraction of sp³-hybridized carbons (Fsp3) is 0.235. The van der Waals surface area contributed by atoms with Gasteiger partial charge in [0.25, 0.3) is 5.91 Å². The van der Waals surface area contributed by atoms with Crippen LogP contribution in [0.5, 0.6) is 0 Å². The van der Waals surface area contributed by atoms with E-state index in [9.17, 15) is 13.2 Å². The summed E-state index contributed by atoms with van der Waals surface area (Å²) in [5.74, 6) is -0.282. The minimum absolute atomic E-state index is 0.138. The summed E-state index contributed by atoms with van der Waals surface area (Å²) in [7, 11) is -3.55. The molecular weight excluding hydrogens is 312 g/mol. The monoisotopic (exact) mass is 332 g/mol. The summed E-state index contributed by atoms with van der Waals surface area (Å²) in [6.45, 7) is 3.71. The Morgan fingerprint density at radius 1 is 1.04 bits per heavy atom. The van der Waals surface area contributed by atoms with E-state index in [0.717, 1.165) is 0 Å². The quantitative estimate of drug-likeness (QED) is 0.854. The van der Waals surface area contributed by atoms with Crippen LogP contribution >= 0.6 is 0 Å². The minimum atomic E-state index is -3.55. The number of hydrogen-bond acceptors (Lipinski definition) is 3. The van der Waals surface area contributed by atoms with Crippen molar-refractivity contribution in [2.45, 2.75) is 31.2 Å². The molecule has 2 aromatic rings. The maximum absolute atomic E-state index is 12.2. The van der Waals surface area contributed by atoms with Gasteiger partial charge in [-0.2, -0.15) is 0 Å². The molecule has 0 bridgehead atoms. The first-order valence-corrected chi connectivity index (χ1v) is 8.89. The number of carbonyl (C=O) groups excluding carboxylic acids is 1. The summed E-state index contributed by atoms with van der Waals surface area (Å²) in [4.78, 5) is 12.3. The molecule has 2 aromatic carbocycles. The normalized spacial score (nSPS) is 12.6. The van der Waals surface area contributed by atoms with E-state index >= 15 is 0 Å². The predicted octanol–water partition coefficient (Wildman–Crippen LogP) is 3.02. The molecular formula is C17H20N2O3S. The molecule has 0 aliphatic heterocycles. The van der Waals surface area contributed by atoms with Gasteiger partial charge in [0.1, 0.15) is 0 Å². The molecule has 23 heavy (non-hydrogen) atoms. The van der Waals surface area contributed by atoms with Crippen molar-refractivity contribution in [1.29, 1.82) is 0 Å². The van der Waals surface area contributed by atoms with Crippen LogP contribution in [0.3, 0.4) is 0 Å². The van der Waals surface area contributed by atoms with Gasteiger partial charge in [0.2, 0.25) is 10.0 Å². The van der Waals surface area contributed by atoms with Crippen LogP contribution in [0.15, 0.2) is 59.5 Å². The highest BCUT2D eigenvalue weighted by Gasteiger charge is 2.17. The van der Waals surface area contributed by atoms with Gasteiger partial charge in [-0.25, -0.2) is 13.1 Å². The minimum Gasteiger partial charge on any atom is -0.322 e. The Morgan fingerprint density at radius 3 is 2.22 bits per heavy atom. The van der Waals surface area contributed by atoms with Crippen LogP contribution in [-0.2, 0) is 10.0 Å². The molecule has 0 aromatic heterocycles. The smallest absolute Gasteiger partial charge is 0.255 e. The van der Waals surface area contributed by atoms with Gasteiger partial charge in [0.05, 0.1) is 4.90 Å². The number of benzene rings is 2. The number of hydrogen-bond donors (Lipinski definition) is 2. The molecule has 122 valence electrons. The molecule has 1 amide bonds. The summed E-state index contributed by atoms with van der Waals surface area (Å²) < 4.78 is 26.9. The van der Waals surface area contributed by atoms with Crippen LogP contribution < -0.4 is 10.0 Å². The zero-order chi connectivity index (χ0) is 16.9. The average molecular weight is 332 g/mol. The van der Waals surface area contributed by atoms with Crippen molar-refractivity contribution in [3.63, 3.8) is 0 Å². The second-order valence-corrected chi connectivity index (χ2v) is 6.99. The van der Waals surface area contributed by atoms with Crippen molar-refractivity contribution < 1.29 is 13.2 Å². The number of rotatable bonds is 6. The molecule has 0 radical (unpaired) electrons. The first kappa shape index (κ1) is 17.2. The van der Waals surface area contributed by atoms with Crippen LogP contribution in [0.2, 0.25) is 0 Å². The van der Waals surface area contributed by atoms with E-state index < -0.39 is 10.0 Å². The lowest BCUT2D eigenvalue weighted by molar-refractivity contribution is 0.102. The Morgan fingerprint density at radius 2 is 1.65 bits per heavy atom. The highest BCUT2D eigenvalue weighted by Crippen LogP contribution is 2.13. The van der Waals surface area contributed by atoms with E-state index in [0.29, 0.717) is 17.7 Å². The molecule has 0 heterocycles. The molecule has 0 unspecified atom stereocenters. The fourth-order valence-electron chi connectivity index (χ4n) is 1.93. The Labute approximate surface area is 136 Å². The second-order valence-electron chi connectivity index (χ2n) is 5.28. The van der Waals surface area contributed by atoms with E-state index in [2.05, 4.69) is 10.0 Å². The van der Waals surface area contributed by atoms with Gasteiger partial charge in [0.15, 0.2) is 0 Å². The third-order valence-electron chi connectivity index (χ3n) is 3.43. The van der Waals surface area contributed by atoms with E-state index in [4.69, 9.17) is 0 Å². The average Bonchev–Trinajstić information content (AvgIpc) is 2.55. The van der Waals surface area contributed by atoms with Crippen molar-refractivity contribution in [2.75, 3.05) is 5.32 Å². The first-order chi connectivity index (χ1) is 10.9. The predicted molar refractivity (Wildman–Crippen MR) is 90.9 cm³/mol. The number of carbonyl (C=O) groups is 1. The van der Waals surface area contributed by atoms with Crippen molar-refractivity contribution in [2.24, 2.45) is 0 Å². The zero-order valence-electron chi connectivity index (χ0n) is 13.1. The molecule has 0 saturated carbocycles. The number of sulfonamides is 1. The van der Waals surface area contributed by atoms with Gasteiger partial charge < -0.3 is 5.32 Å². The number of anilines is 1. The van der Waals surface area contributed by atoms with Gasteiger partial charge >= 0.3 is 0 Å². The lowest BCUT2D eigenvalue weighted by atomic mass is 10.2. The van der Waals surface area contributed by atoms with Crippen LogP contribution in [0.1, 0.15) is 30.6 Å². The fourth-order valence-corrected chi connectivity index (χ4v) is 3.25. The van der Waals surface area contributed by atoms with Crippen LogP contribution in [-0.4, -0.2) is 20.4 Å². The van der Waals surface area contributed by atoms with E-state index in [1.165, 1.54) is 24.3 Å². The number of para-hydroxylation sites is 1. The van der Waals surface area contributed by atoms with Crippen molar-refractivity contribution in [3.05, 3.63) is 60.2 Å². The molecule has 0 aliphatic rings. The lowest BCUT2D eigenvalue weighted by Crippen LogP contribution is -2.32. The molecule has 2 rings (SSSR count). The summed E-state index contributed by atoms with van der Waals surface area (Å²) in [6, 6.07) is 14.8. The highest BCUT2D eigenvalue weighted by atomic mass is 32.2. The van der Waals surface area contributed by atoms with E-state index in [1.54, 1.807) is 19.1 Å². The molecule has 5 nitrogen and oxygen atoms in total. The van der Waals surface area contributed by atoms with Crippen LogP contribution in [0.25, 0.3) is 0 Å².